The average molecular weight is 648 g/mol. The van der Waals surface area contributed by atoms with Crippen molar-refractivity contribution in [3.8, 4) is 5.75 Å². The number of amides is 2. The highest BCUT2D eigenvalue weighted by Gasteiger charge is 2.34. The van der Waals surface area contributed by atoms with Crippen LogP contribution in [0.5, 0.6) is 5.75 Å². The zero-order chi connectivity index (χ0) is 32.4. The number of hydrogen-bond donors (Lipinski definition) is 1. The molecular weight excluding hydrogens is 610 g/mol. The van der Waals surface area contributed by atoms with Crippen molar-refractivity contribution in [1.82, 2.24) is 10.2 Å². The third-order valence-electron chi connectivity index (χ3n) is 7.32. The Hall–Kier alpha value is -4.34. The van der Waals surface area contributed by atoms with Gasteiger partial charge in [0, 0.05) is 24.5 Å². The van der Waals surface area contributed by atoms with E-state index in [0.29, 0.717) is 17.3 Å². The van der Waals surface area contributed by atoms with Gasteiger partial charge in [0.15, 0.2) is 0 Å². The lowest BCUT2D eigenvalue weighted by atomic mass is 10.0. The summed E-state index contributed by atoms with van der Waals surface area (Å²) in [6.07, 6.45) is 0.967. The molecule has 4 aromatic carbocycles. The molecular formula is C35H38ClN3O5S. The second kappa shape index (κ2) is 15.6. The molecule has 0 unspecified atom stereocenters. The molecule has 0 fully saturated rings. The predicted molar refractivity (Wildman–Crippen MR) is 178 cm³/mol. The van der Waals surface area contributed by atoms with E-state index in [9.17, 15) is 18.0 Å². The number of nitrogens with zero attached hydrogens (tertiary/aromatic N) is 2. The fraction of sp³-hybridized carbons (Fsp3) is 0.257. The molecule has 45 heavy (non-hydrogen) atoms. The summed E-state index contributed by atoms with van der Waals surface area (Å²) < 4.78 is 34.5. The molecule has 0 aromatic heterocycles. The first-order valence-electron chi connectivity index (χ1n) is 14.7. The molecule has 0 saturated heterocycles. The Kier molecular flexibility index (Phi) is 11.6. The van der Waals surface area contributed by atoms with Gasteiger partial charge in [-0.05, 0) is 66.9 Å². The molecule has 0 aliphatic rings. The molecule has 0 radical (unpaired) electrons. The van der Waals surface area contributed by atoms with Gasteiger partial charge in [-0.25, -0.2) is 8.42 Å². The average Bonchev–Trinajstić information content (AvgIpc) is 3.05. The largest absolute Gasteiger partial charge is 0.497 e. The highest BCUT2D eigenvalue weighted by molar-refractivity contribution is 7.92. The first kappa shape index (κ1) is 33.6. The maximum Gasteiger partial charge on any atom is 0.264 e. The Morgan fingerprint density at radius 3 is 2.20 bits per heavy atom. The summed E-state index contributed by atoms with van der Waals surface area (Å²) >= 11 is 6.29. The normalized spacial score (nSPS) is 11.8. The summed E-state index contributed by atoms with van der Waals surface area (Å²) in [5.74, 6) is -0.362. The molecule has 0 aliphatic heterocycles. The third-order valence-corrected chi connectivity index (χ3v) is 9.34. The van der Waals surface area contributed by atoms with Gasteiger partial charge < -0.3 is 15.0 Å². The van der Waals surface area contributed by atoms with Gasteiger partial charge in [-0.2, -0.15) is 0 Å². The van der Waals surface area contributed by atoms with Crippen molar-refractivity contribution >= 4 is 39.1 Å². The first-order valence-corrected chi connectivity index (χ1v) is 16.5. The second-order valence-electron chi connectivity index (χ2n) is 10.7. The van der Waals surface area contributed by atoms with Crippen LogP contribution >= 0.6 is 11.6 Å². The number of anilines is 1. The van der Waals surface area contributed by atoms with Crippen molar-refractivity contribution in [2.24, 2.45) is 0 Å². The lowest BCUT2D eigenvalue weighted by Gasteiger charge is -2.34. The van der Waals surface area contributed by atoms with Crippen LogP contribution in [0, 0.1) is 6.92 Å². The third kappa shape index (κ3) is 8.86. The lowest BCUT2D eigenvalue weighted by molar-refractivity contribution is -0.140. The highest BCUT2D eigenvalue weighted by Crippen LogP contribution is 2.28. The van der Waals surface area contributed by atoms with E-state index in [0.717, 1.165) is 27.4 Å². The first-order chi connectivity index (χ1) is 21.6. The molecule has 0 saturated carbocycles. The Balaban J connectivity index is 1.79. The minimum atomic E-state index is -4.25. The van der Waals surface area contributed by atoms with Crippen molar-refractivity contribution in [3.05, 3.63) is 125 Å². The van der Waals surface area contributed by atoms with Crippen LogP contribution in [0.25, 0.3) is 0 Å². The minimum Gasteiger partial charge on any atom is -0.497 e. The fourth-order valence-electron chi connectivity index (χ4n) is 4.85. The molecule has 0 heterocycles. The summed E-state index contributed by atoms with van der Waals surface area (Å²) in [5, 5.41) is 3.26. The molecule has 236 valence electrons. The second-order valence-corrected chi connectivity index (χ2v) is 13.0. The standard InChI is InChI=1S/C35H38ClN3O5S/c1-4-21-37-35(41)33(22-27-9-6-5-7-10-27)38(24-28-15-13-26(2)14-16-28)34(40)25-39(30-12-8-11-29(36)23-30)45(42,43)32-19-17-31(44-3)18-20-32/h5-20,23,33H,4,21-22,24-25H2,1-3H3,(H,37,41)/t33-/m0/s1. The maximum atomic E-state index is 14.5. The van der Waals surface area contributed by atoms with Gasteiger partial charge in [0.2, 0.25) is 11.8 Å². The smallest absolute Gasteiger partial charge is 0.264 e. The van der Waals surface area contributed by atoms with Crippen molar-refractivity contribution < 1.29 is 22.7 Å². The molecule has 4 rings (SSSR count). The zero-order valence-corrected chi connectivity index (χ0v) is 27.2. The molecule has 1 N–H and O–H groups in total. The van der Waals surface area contributed by atoms with Crippen molar-refractivity contribution in [2.75, 3.05) is 24.5 Å². The van der Waals surface area contributed by atoms with Gasteiger partial charge in [-0.15, -0.1) is 0 Å². The van der Waals surface area contributed by atoms with E-state index in [-0.39, 0.29) is 29.5 Å². The van der Waals surface area contributed by atoms with Crippen LogP contribution in [0.2, 0.25) is 5.02 Å². The Labute approximate surface area is 270 Å². The number of methoxy groups -OCH3 is 1. The van der Waals surface area contributed by atoms with Crippen LogP contribution in [-0.4, -0.2) is 51.4 Å². The van der Waals surface area contributed by atoms with Gasteiger partial charge in [-0.3, -0.25) is 13.9 Å². The highest BCUT2D eigenvalue weighted by atomic mass is 35.5. The van der Waals surface area contributed by atoms with E-state index in [4.69, 9.17) is 16.3 Å². The quantitative estimate of drug-likeness (QED) is 0.181. The Morgan fingerprint density at radius 1 is 0.889 bits per heavy atom. The maximum absolute atomic E-state index is 14.5. The number of carbonyl (C=O) groups excluding carboxylic acids is 2. The number of benzene rings is 4. The predicted octanol–water partition coefficient (Wildman–Crippen LogP) is 6.02. The van der Waals surface area contributed by atoms with Crippen LogP contribution in [-0.2, 0) is 32.6 Å². The van der Waals surface area contributed by atoms with Gasteiger partial charge in [-0.1, -0.05) is 84.8 Å². The van der Waals surface area contributed by atoms with Crippen LogP contribution in [0.15, 0.2) is 108 Å². The molecule has 10 heteroatoms. The molecule has 1 atom stereocenters. The monoisotopic (exact) mass is 647 g/mol. The van der Waals surface area contributed by atoms with Crippen LogP contribution in [0.4, 0.5) is 5.69 Å². The molecule has 0 bridgehead atoms. The summed E-state index contributed by atoms with van der Waals surface area (Å²) in [5.41, 5.74) is 2.95. The van der Waals surface area contributed by atoms with Crippen molar-refractivity contribution in [3.63, 3.8) is 0 Å². The summed E-state index contributed by atoms with van der Waals surface area (Å²) in [6, 6.07) is 28.5. The number of nitrogens with one attached hydrogen (secondary N) is 1. The zero-order valence-electron chi connectivity index (χ0n) is 25.6. The van der Waals surface area contributed by atoms with E-state index >= 15 is 0 Å². The topological polar surface area (TPSA) is 96.0 Å². The van der Waals surface area contributed by atoms with E-state index in [1.54, 1.807) is 30.3 Å². The number of halogens is 1. The lowest BCUT2D eigenvalue weighted by Crippen LogP contribution is -2.53. The molecule has 4 aromatic rings. The number of hydrogen-bond acceptors (Lipinski definition) is 5. The number of sulfonamides is 1. The van der Waals surface area contributed by atoms with Crippen molar-refractivity contribution in [1.29, 1.82) is 0 Å². The van der Waals surface area contributed by atoms with E-state index < -0.39 is 28.5 Å². The van der Waals surface area contributed by atoms with E-state index in [1.165, 1.54) is 30.2 Å². The van der Waals surface area contributed by atoms with Gasteiger partial charge in [0.05, 0.1) is 17.7 Å². The van der Waals surface area contributed by atoms with Gasteiger partial charge in [0.25, 0.3) is 10.0 Å². The molecule has 2 amide bonds. The summed E-state index contributed by atoms with van der Waals surface area (Å²) in [6.45, 7) is 3.90. The minimum absolute atomic E-state index is 0.0253. The van der Waals surface area contributed by atoms with E-state index in [1.807, 2.05) is 68.4 Å². The SMILES string of the molecule is CCCNC(=O)[C@H](Cc1ccccc1)N(Cc1ccc(C)cc1)C(=O)CN(c1cccc(Cl)c1)S(=O)(=O)c1ccc(OC)cc1. The number of ether oxygens (including phenoxy) is 1. The van der Waals surface area contributed by atoms with Crippen LogP contribution in [0.3, 0.4) is 0 Å². The Bertz CT molecular complexity index is 1680. The molecule has 8 nitrogen and oxygen atoms in total. The van der Waals surface area contributed by atoms with E-state index in [2.05, 4.69) is 5.32 Å². The molecule has 0 spiro atoms. The molecule has 0 aliphatic carbocycles. The summed E-state index contributed by atoms with van der Waals surface area (Å²) in [4.78, 5) is 29.6. The van der Waals surface area contributed by atoms with Crippen molar-refractivity contribution in [2.45, 2.75) is 44.2 Å². The Morgan fingerprint density at radius 2 is 1.58 bits per heavy atom. The van der Waals surface area contributed by atoms with Crippen LogP contribution in [0.1, 0.15) is 30.0 Å². The number of aryl methyl sites for hydroxylation is 1. The fourth-order valence-corrected chi connectivity index (χ4v) is 6.44. The van der Waals surface area contributed by atoms with Crippen LogP contribution < -0.4 is 14.4 Å². The number of carbonyl (C=O) groups is 2. The van der Waals surface area contributed by atoms with Gasteiger partial charge in [0.1, 0.15) is 18.3 Å². The summed E-state index contributed by atoms with van der Waals surface area (Å²) in [7, 11) is -2.76. The van der Waals surface area contributed by atoms with Gasteiger partial charge >= 0.3 is 0 Å². The number of rotatable bonds is 14.